The molecule has 3 aromatic heterocycles. The lowest BCUT2D eigenvalue weighted by molar-refractivity contribution is 0.976. The van der Waals surface area contributed by atoms with Crippen molar-refractivity contribution in [2.45, 2.75) is 0 Å². The van der Waals surface area contributed by atoms with Gasteiger partial charge in [-0.05, 0) is 40.8 Å². The molecule has 3 nitrogen and oxygen atoms in total. The third-order valence-electron chi connectivity index (χ3n) is 8.80. The molecule has 0 unspecified atom stereocenters. The molecule has 0 radical (unpaired) electrons. The molecule has 0 bridgehead atoms. The fourth-order valence-electron chi connectivity index (χ4n) is 6.88. The van der Waals surface area contributed by atoms with Crippen molar-refractivity contribution >= 4 is 38.1 Å². The molecule has 0 saturated carbocycles. The maximum Gasteiger partial charge on any atom is 0.0826 e. The Kier molecular flexibility index (Phi) is 5.50. The van der Waals surface area contributed by atoms with Crippen molar-refractivity contribution in [1.29, 1.82) is 0 Å². The lowest BCUT2D eigenvalue weighted by Crippen LogP contribution is -2.00. The van der Waals surface area contributed by atoms with Crippen LogP contribution in [0.1, 0.15) is 0 Å². The van der Waals surface area contributed by atoms with E-state index in [1.807, 2.05) is 6.20 Å². The number of pyridine rings is 1. The summed E-state index contributed by atoms with van der Waals surface area (Å²) in [6.45, 7) is 0. The van der Waals surface area contributed by atoms with Gasteiger partial charge in [0.2, 0.25) is 0 Å². The largest absolute Gasteiger partial charge is 0.309 e. The number of benzene rings is 6. The minimum absolute atomic E-state index is 1.09. The summed E-state index contributed by atoms with van der Waals surface area (Å²) < 4.78 is 4.52. The van der Waals surface area contributed by atoms with Gasteiger partial charge in [0.1, 0.15) is 0 Å². The van der Waals surface area contributed by atoms with Crippen LogP contribution in [0.25, 0.3) is 77.3 Å². The van der Waals surface area contributed by atoms with Gasteiger partial charge in [-0.3, -0.25) is 0 Å². The van der Waals surface area contributed by atoms with Crippen molar-refractivity contribution in [3.63, 3.8) is 0 Å². The number of nitrogens with zero attached hydrogens (tertiary/aromatic N) is 3. The van der Waals surface area contributed by atoms with E-state index in [0.29, 0.717) is 0 Å². The van der Waals surface area contributed by atoms with Crippen LogP contribution in [-0.4, -0.2) is 14.2 Å². The molecule has 206 valence electrons. The van der Waals surface area contributed by atoms with E-state index in [0.717, 1.165) is 39.2 Å². The standard InChI is InChI=1S/C41H27N3/c1-3-13-28(14-4-1)36-27-42-44-40(30-15-5-2-6-16-30)39(34-19-7-8-20-35(34)41(36)44)29-23-25-31(26-24-29)43-37-21-11-9-17-32(37)33-18-10-12-22-38(33)43/h1-27H. The van der Waals surface area contributed by atoms with E-state index in [-0.39, 0.29) is 0 Å². The number of aromatic nitrogens is 3. The summed E-state index contributed by atoms with van der Waals surface area (Å²) in [7, 11) is 0. The zero-order chi connectivity index (χ0) is 29.0. The minimum atomic E-state index is 1.09. The molecule has 0 saturated heterocycles. The normalized spacial score (nSPS) is 11.6. The van der Waals surface area contributed by atoms with Crippen LogP contribution in [0.4, 0.5) is 0 Å². The number of fused-ring (bicyclic) bond motifs is 6. The second kappa shape index (κ2) is 9.82. The van der Waals surface area contributed by atoms with E-state index in [1.54, 1.807) is 0 Å². The highest BCUT2D eigenvalue weighted by atomic mass is 15.2. The molecule has 0 spiro atoms. The highest BCUT2D eigenvalue weighted by Gasteiger charge is 2.21. The maximum absolute atomic E-state index is 5.05. The average Bonchev–Trinajstić information content (AvgIpc) is 3.69. The fraction of sp³-hybridized carbons (Fsp3) is 0. The second-order valence-electron chi connectivity index (χ2n) is 11.2. The smallest absolute Gasteiger partial charge is 0.0826 e. The lowest BCUT2D eigenvalue weighted by Gasteiger charge is -2.18. The number of rotatable bonds is 4. The van der Waals surface area contributed by atoms with Gasteiger partial charge in [-0.1, -0.05) is 133 Å². The summed E-state index contributed by atoms with van der Waals surface area (Å²) in [6.07, 6.45) is 2.01. The molecule has 0 amide bonds. The first kappa shape index (κ1) is 24.6. The average molecular weight is 562 g/mol. The van der Waals surface area contributed by atoms with Crippen molar-refractivity contribution in [2.24, 2.45) is 0 Å². The molecule has 44 heavy (non-hydrogen) atoms. The molecular weight excluding hydrogens is 534 g/mol. The Hall–Kier alpha value is -5.93. The quantitative estimate of drug-likeness (QED) is 0.209. The summed E-state index contributed by atoms with van der Waals surface area (Å²) in [6, 6.07) is 56.3. The van der Waals surface area contributed by atoms with Crippen LogP contribution in [0.3, 0.4) is 0 Å². The van der Waals surface area contributed by atoms with Crippen molar-refractivity contribution in [3.05, 3.63) is 164 Å². The topological polar surface area (TPSA) is 22.2 Å². The van der Waals surface area contributed by atoms with Gasteiger partial charge < -0.3 is 4.57 Å². The highest BCUT2D eigenvalue weighted by Crippen LogP contribution is 2.43. The van der Waals surface area contributed by atoms with E-state index < -0.39 is 0 Å². The Balaban J connectivity index is 1.32. The first-order valence-corrected chi connectivity index (χ1v) is 15.0. The summed E-state index contributed by atoms with van der Waals surface area (Å²) in [5, 5.41) is 9.97. The van der Waals surface area contributed by atoms with Crippen LogP contribution in [0.2, 0.25) is 0 Å². The van der Waals surface area contributed by atoms with Gasteiger partial charge >= 0.3 is 0 Å². The maximum atomic E-state index is 5.05. The third kappa shape index (κ3) is 3.66. The van der Waals surface area contributed by atoms with E-state index >= 15 is 0 Å². The van der Waals surface area contributed by atoms with E-state index in [2.05, 4.69) is 167 Å². The Morgan fingerprint density at radius 2 is 0.932 bits per heavy atom. The lowest BCUT2D eigenvalue weighted by atomic mass is 9.92. The molecule has 9 aromatic rings. The molecular formula is C41H27N3. The van der Waals surface area contributed by atoms with Crippen LogP contribution < -0.4 is 0 Å². The minimum Gasteiger partial charge on any atom is -0.309 e. The SMILES string of the molecule is c1ccc(-c2cnn3c(-c4ccccc4)c(-c4ccc(-n5c6ccccc6c6ccccc65)cc4)c4ccccc4c23)cc1. The van der Waals surface area contributed by atoms with Gasteiger partial charge in [-0.2, -0.15) is 5.10 Å². The Labute approximate surface area is 254 Å². The second-order valence-corrected chi connectivity index (χ2v) is 11.2. The fourth-order valence-corrected chi connectivity index (χ4v) is 6.88. The summed E-state index contributed by atoms with van der Waals surface area (Å²) in [5.74, 6) is 0. The van der Waals surface area contributed by atoms with Gasteiger partial charge in [0.25, 0.3) is 0 Å². The molecule has 0 aliphatic carbocycles. The highest BCUT2D eigenvalue weighted by molar-refractivity contribution is 6.13. The van der Waals surface area contributed by atoms with Gasteiger partial charge in [-0.25, -0.2) is 4.52 Å². The number of para-hydroxylation sites is 2. The van der Waals surface area contributed by atoms with Crippen molar-refractivity contribution < 1.29 is 0 Å². The Bertz CT molecular complexity index is 2410. The van der Waals surface area contributed by atoms with Crippen LogP contribution in [0, 0.1) is 0 Å². The zero-order valence-electron chi connectivity index (χ0n) is 23.9. The first-order chi connectivity index (χ1) is 21.9. The number of hydrogen-bond acceptors (Lipinski definition) is 1. The van der Waals surface area contributed by atoms with Crippen LogP contribution in [0.15, 0.2) is 164 Å². The summed E-state index contributed by atoms with van der Waals surface area (Å²) in [5.41, 5.74) is 11.5. The monoisotopic (exact) mass is 561 g/mol. The molecule has 6 aromatic carbocycles. The van der Waals surface area contributed by atoms with Gasteiger partial charge in [0.05, 0.1) is 28.4 Å². The van der Waals surface area contributed by atoms with Crippen molar-refractivity contribution in [2.75, 3.05) is 0 Å². The predicted molar refractivity (Wildman–Crippen MR) is 183 cm³/mol. The van der Waals surface area contributed by atoms with Crippen LogP contribution >= 0.6 is 0 Å². The molecule has 0 fully saturated rings. The molecule has 0 aliphatic heterocycles. The summed E-state index contributed by atoms with van der Waals surface area (Å²) in [4.78, 5) is 0. The molecule has 3 heteroatoms. The van der Waals surface area contributed by atoms with Crippen LogP contribution in [0.5, 0.6) is 0 Å². The third-order valence-corrected chi connectivity index (χ3v) is 8.80. The zero-order valence-corrected chi connectivity index (χ0v) is 23.9. The first-order valence-electron chi connectivity index (χ1n) is 15.0. The molecule has 0 aliphatic rings. The Morgan fingerprint density at radius 3 is 1.57 bits per heavy atom. The molecule has 0 N–H and O–H groups in total. The van der Waals surface area contributed by atoms with Crippen molar-refractivity contribution in [3.8, 4) is 39.2 Å². The van der Waals surface area contributed by atoms with Gasteiger partial charge in [0, 0.05) is 38.5 Å². The molecule has 9 rings (SSSR count). The molecule has 3 heterocycles. The van der Waals surface area contributed by atoms with E-state index in [9.17, 15) is 0 Å². The van der Waals surface area contributed by atoms with Gasteiger partial charge in [-0.15, -0.1) is 0 Å². The number of hydrogen-bond donors (Lipinski definition) is 0. The van der Waals surface area contributed by atoms with Crippen LogP contribution in [-0.2, 0) is 0 Å². The van der Waals surface area contributed by atoms with E-state index in [1.165, 1.54) is 38.1 Å². The van der Waals surface area contributed by atoms with E-state index in [4.69, 9.17) is 5.10 Å². The van der Waals surface area contributed by atoms with Gasteiger partial charge in [0.15, 0.2) is 0 Å². The predicted octanol–water partition coefficient (Wildman–Crippen LogP) is 10.6. The summed E-state index contributed by atoms with van der Waals surface area (Å²) >= 11 is 0. The van der Waals surface area contributed by atoms with Crippen molar-refractivity contribution in [1.82, 2.24) is 14.2 Å². The Morgan fingerprint density at radius 1 is 0.409 bits per heavy atom. The molecule has 0 atom stereocenters.